The number of hydrogen-bond donors (Lipinski definition) is 1. The summed E-state index contributed by atoms with van der Waals surface area (Å²) < 4.78 is 68.5. The van der Waals surface area contributed by atoms with Gasteiger partial charge in [-0.2, -0.15) is 13.2 Å². The number of rotatable bonds is 7. The fourth-order valence-electron chi connectivity index (χ4n) is 2.52. The predicted octanol–water partition coefficient (Wildman–Crippen LogP) is 3.94. The zero-order chi connectivity index (χ0) is 23.4. The van der Waals surface area contributed by atoms with Crippen molar-refractivity contribution in [1.29, 1.82) is 0 Å². The molecular formula is C19H18ClF3N2O5S. The molecule has 2 rings (SSSR count). The van der Waals surface area contributed by atoms with Gasteiger partial charge in [-0.05, 0) is 43.3 Å². The Hall–Kier alpha value is -2.79. The summed E-state index contributed by atoms with van der Waals surface area (Å²) in [7, 11) is -4.09. The number of carbonyl (C=O) groups is 2. The van der Waals surface area contributed by atoms with Crippen LogP contribution < -0.4 is 9.62 Å². The average molecular weight is 479 g/mol. The summed E-state index contributed by atoms with van der Waals surface area (Å²) in [6.07, 6.45) is -3.92. The molecule has 31 heavy (non-hydrogen) atoms. The molecule has 1 amide bonds. The molecule has 0 saturated heterocycles. The maximum absolute atomic E-state index is 13.0. The van der Waals surface area contributed by atoms with Gasteiger partial charge in [-0.25, -0.2) is 13.2 Å². The van der Waals surface area contributed by atoms with Crippen LogP contribution in [0.15, 0.2) is 42.5 Å². The van der Waals surface area contributed by atoms with E-state index in [1.807, 2.05) is 0 Å². The highest BCUT2D eigenvalue weighted by molar-refractivity contribution is 7.92. The van der Waals surface area contributed by atoms with Gasteiger partial charge in [0.15, 0.2) is 0 Å². The number of sulfonamides is 1. The van der Waals surface area contributed by atoms with Gasteiger partial charge in [0, 0.05) is 0 Å². The molecule has 7 nitrogen and oxygen atoms in total. The first-order valence-corrected chi connectivity index (χ1v) is 11.0. The molecule has 0 radical (unpaired) electrons. The van der Waals surface area contributed by atoms with E-state index in [0.29, 0.717) is 10.4 Å². The number of nitrogens with one attached hydrogen (secondary N) is 1. The van der Waals surface area contributed by atoms with Crippen molar-refractivity contribution >= 4 is 44.9 Å². The number of hydrogen-bond acceptors (Lipinski definition) is 5. The SMILES string of the molecule is CCOC(=O)c1ccc(NC(=O)CN(c2cccc(C(F)(F)F)c2)S(C)(=O)=O)c(Cl)c1. The Labute approximate surface area is 181 Å². The Balaban J connectivity index is 2.24. The first-order chi connectivity index (χ1) is 14.3. The van der Waals surface area contributed by atoms with E-state index in [4.69, 9.17) is 16.3 Å². The number of ether oxygens (including phenoxy) is 1. The van der Waals surface area contributed by atoms with E-state index < -0.39 is 40.2 Å². The second-order valence-corrected chi connectivity index (χ2v) is 8.60. The van der Waals surface area contributed by atoms with Crippen LogP contribution in [0.1, 0.15) is 22.8 Å². The lowest BCUT2D eigenvalue weighted by atomic mass is 10.2. The molecule has 0 aliphatic rings. The fraction of sp³-hybridized carbons (Fsp3) is 0.263. The van der Waals surface area contributed by atoms with Crippen molar-refractivity contribution in [3.8, 4) is 0 Å². The van der Waals surface area contributed by atoms with Crippen LogP contribution in [-0.4, -0.2) is 39.7 Å². The summed E-state index contributed by atoms with van der Waals surface area (Å²) in [4.78, 5) is 24.1. The summed E-state index contributed by atoms with van der Waals surface area (Å²) >= 11 is 6.05. The van der Waals surface area contributed by atoms with Crippen LogP contribution in [0, 0.1) is 0 Å². The van der Waals surface area contributed by atoms with Crippen LogP contribution in [-0.2, 0) is 25.7 Å². The Morgan fingerprint density at radius 3 is 2.39 bits per heavy atom. The number of esters is 1. The lowest BCUT2D eigenvalue weighted by Gasteiger charge is -2.23. The van der Waals surface area contributed by atoms with Gasteiger partial charge in [-0.15, -0.1) is 0 Å². The van der Waals surface area contributed by atoms with Crippen molar-refractivity contribution in [3.63, 3.8) is 0 Å². The number of amides is 1. The van der Waals surface area contributed by atoms with Gasteiger partial charge < -0.3 is 10.1 Å². The lowest BCUT2D eigenvalue weighted by Crippen LogP contribution is -2.37. The molecule has 0 aliphatic heterocycles. The van der Waals surface area contributed by atoms with Gasteiger partial charge in [-0.3, -0.25) is 9.10 Å². The van der Waals surface area contributed by atoms with Crippen LogP contribution in [0.25, 0.3) is 0 Å². The molecule has 0 aliphatic carbocycles. The van der Waals surface area contributed by atoms with Crippen molar-refractivity contribution in [3.05, 3.63) is 58.6 Å². The third-order valence-corrected chi connectivity index (χ3v) is 5.36. The van der Waals surface area contributed by atoms with E-state index in [1.54, 1.807) is 6.92 Å². The highest BCUT2D eigenvalue weighted by atomic mass is 35.5. The Bertz CT molecular complexity index is 1090. The molecule has 0 fully saturated rings. The van der Waals surface area contributed by atoms with Crippen LogP contribution in [0.4, 0.5) is 24.5 Å². The minimum Gasteiger partial charge on any atom is -0.462 e. The zero-order valence-corrected chi connectivity index (χ0v) is 17.9. The van der Waals surface area contributed by atoms with Gasteiger partial charge in [0.05, 0.1) is 40.4 Å². The van der Waals surface area contributed by atoms with Gasteiger partial charge in [-0.1, -0.05) is 17.7 Å². The topological polar surface area (TPSA) is 92.8 Å². The molecule has 0 aromatic heterocycles. The van der Waals surface area contributed by atoms with Crippen molar-refractivity contribution in [2.45, 2.75) is 13.1 Å². The number of nitrogens with zero attached hydrogens (tertiary/aromatic N) is 1. The molecular weight excluding hydrogens is 461 g/mol. The van der Waals surface area contributed by atoms with Crippen molar-refractivity contribution in [2.75, 3.05) is 29.0 Å². The summed E-state index contributed by atoms with van der Waals surface area (Å²) in [5.74, 6) is -1.47. The smallest absolute Gasteiger partial charge is 0.416 e. The van der Waals surface area contributed by atoms with Gasteiger partial charge >= 0.3 is 12.1 Å². The third kappa shape index (κ3) is 6.59. The maximum Gasteiger partial charge on any atom is 0.416 e. The number of benzene rings is 2. The highest BCUT2D eigenvalue weighted by Crippen LogP contribution is 2.32. The molecule has 1 N–H and O–H groups in total. The van der Waals surface area contributed by atoms with E-state index in [2.05, 4.69) is 5.32 Å². The maximum atomic E-state index is 13.0. The summed E-state index contributed by atoms with van der Waals surface area (Å²) in [5, 5.41) is 2.36. The summed E-state index contributed by atoms with van der Waals surface area (Å²) in [6.45, 7) is 0.994. The molecule has 2 aromatic rings. The summed E-state index contributed by atoms with van der Waals surface area (Å²) in [6, 6.07) is 7.53. The fourth-order valence-corrected chi connectivity index (χ4v) is 3.59. The van der Waals surface area contributed by atoms with Crippen molar-refractivity contribution < 1.29 is 35.9 Å². The van der Waals surface area contributed by atoms with E-state index in [0.717, 1.165) is 24.5 Å². The van der Waals surface area contributed by atoms with E-state index in [9.17, 15) is 31.2 Å². The second kappa shape index (κ2) is 9.56. The molecule has 0 heterocycles. The Morgan fingerprint density at radius 2 is 1.84 bits per heavy atom. The molecule has 0 bridgehead atoms. The first kappa shape index (κ1) is 24.5. The van der Waals surface area contributed by atoms with E-state index in [1.165, 1.54) is 18.2 Å². The van der Waals surface area contributed by atoms with Gasteiger partial charge in [0.1, 0.15) is 6.54 Å². The lowest BCUT2D eigenvalue weighted by molar-refractivity contribution is -0.137. The van der Waals surface area contributed by atoms with Crippen molar-refractivity contribution in [2.24, 2.45) is 0 Å². The van der Waals surface area contributed by atoms with Crippen LogP contribution in [0.5, 0.6) is 0 Å². The average Bonchev–Trinajstić information content (AvgIpc) is 2.66. The zero-order valence-electron chi connectivity index (χ0n) is 16.4. The minimum atomic E-state index is -4.68. The second-order valence-electron chi connectivity index (χ2n) is 6.28. The number of anilines is 2. The van der Waals surface area contributed by atoms with Gasteiger partial charge in [0.25, 0.3) is 0 Å². The monoisotopic (exact) mass is 478 g/mol. The molecule has 0 saturated carbocycles. The normalized spacial score (nSPS) is 11.7. The van der Waals surface area contributed by atoms with Crippen LogP contribution >= 0.6 is 11.6 Å². The number of halogens is 4. The Morgan fingerprint density at radius 1 is 1.16 bits per heavy atom. The molecule has 0 spiro atoms. The van der Waals surface area contributed by atoms with Crippen molar-refractivity contribution in [1.82, 2.24) is 0 Å². The molecule has 2 aromatic carbocycles. The predicted molar refractivity (Wildman–Crippen MR) is 110 cm³/mol. The van der Waals surface area contributed by atoms with Crippen LogP contribution in [0.3, 0.4) is 0 Å². The van der Waals surface area contributed by atoms with E-state index in [-0.39, 0.29) is 28.6 Å². The standard InChI is InChI=1S/C19H18ClF3N2O5S/c1-3-30-18(27)12-7-8-16(15(20)9-12)24-17(26)11-25(31(2,28)29)14-6-4-5-13(10-14)19(21,22)23/h4-10H,3,11H2,1-2H3,(H,24,26). The molecule has 12 heteroatoms. The summed E-state index contributed by atoms with van der Waals surface area (Å²) in [5.41, 5.74) is -1.16. The number of carbonyl (C=O) groups excluding carboxylic acids is 2. The minimum absolute atomic E-state index is 0.0103. The van der Waals surface area contributed by atoms with E-state index >= 15 is 0 Å². The van der Waals surface area contributed by atoms with Crippen LogP contribution in [0.2, 0.25) is 5.02 Å². The Kier molecular flexibility index (Phi) is 7.55. The molecule has 168 valence electrons. The number of alkyl halides is 3. The third-order valence-electron chi connectivity index (χ3n) is 3.90. The molecule has 0 atom stereocenters. The largest absolute Gasteiger partial charge is 0.462 e. The van der Waals surface area contributed by atoms with Gasteiger partial charge in [0.2, 0.25) is 15.9 Å². The molecule has 0 unspecified atom stereocenters. The highest BCUT2D eigenvalue weighted by Gasteiger charge is 2.32. The quantitative estimate of drug-likeness (QED) is 0.608. The first-order valence-electron chi connectivity index (χ1n) is 8.74.